The van der Waals surface area contributed by atoms with Gasteiger partial charge in [0, 0.05) is 27.4 Å². The second-order valence-corrected chi connectivity index (χ2v) is 17.1. The highest BCUT2D eigenvalue weighted by Crippen LogP contribution is 2.36. The number of para-hydroxylation sites is 4. The van der Waals surface area contributed by atoms with Crippen LogP contribution < -0.4 is 20.7 Å². The summed E-state index contributed by atoms with van der Waals surface area (Å²) in [6.45, 7) is 0. The molecule has 0 radical (unpaired) electrons. The molecule has 48 heavy (non-hydrogen) atoms. The van der Waals surface area contributed by atoms with E-state index < -0.39 is 8.07 Å². The number of fused-ring (bicyclic) bond motifs is 8. The van der Waals surface area contributed by atoms with E-state index in [9.17, 15) is 0 Å². The lowest BCUT2D eigenvalue weighted by atomic mass is 10.1. The molecule has 4 aromatic heterocycles. The zero-order chi connectivity index (χ0) is 31.7. The van der Waals surface area contributed by atoms with Gasteiger partial charge in [-0.05, 0) is 69.3 Å². The molecule has 0 amide bonds. The van der Waals surface area contributed by atoms with E-state index in [4.69, 9.17) is 9.97 Å². The van der Waals surface area contributed by atoms with Crippen LogP contribution in [0.15, 0.2) is 170 Å². The predicted molar refractivity (Wildman–Crippen MR) is 204 cm³/mol. The van der Waals surface area contributed by atoms with E-state index in [1.165, 1.54) is 36.2 Å². The van der Waals surface area contributed by atoms with Gasteiger partial charge in [-0.2, -0.15) is 0 Å². The highest BCUT2D eigenvalue weighted by atomic mass is 32.1. The van der Waals surface area contributed by atoms with Crippen LogP contribution in [0.3, 0.4) is 0 Å². The summed E-state index contributed by atoms with van der Waals surface area (Å²) in [5.41, 5.74) is 5.47. The van der Waals surface area contributed by atoms with Crippen molar-refractivity contribution >= 4 is 88.3 Å². The van der Waals surface area contributed by atoms with Gasteiger partial charge in [0.25, 0.3) is 0 Å². The normalized spacial score (nSPS) is 12.2. The van der Waals surface area contributed by atoms with Gasteiger partial charge < -0.3 is 0 Å². The van der Waals surface area contributed by atoms with Crippen molar-refractivity contribution in [2.75, 3.05) is 0 Å². The van der Waals surface area contributed by atoms with Crippen molar-refractivity contribution in [3.05, 3.63) is 170 Å². The lowest BCUT2D eigenvalue weighted by molar-refractivity contribution is 1.11. The maximum Gasteiger partial charge on any atom is 0.220 e. The standard InChI is InChI=1S/C42H28N4SSi/c1-4-14-30(15-5-1)48(31-16-6-2-7-17-31,32-18-8-3-9-19-32)33-27-35-34-26-29(24-25-40(34)47-41(35)43-28-33)45-38-22-12-13-23-39(38)46-37-21-11-10-20-36(37)44-42(45)46/h1-28H. The molecular formula is C42H28N4SSi. The van der Waals surface area contributed by atoms with Crippen LogP contribution in [0.1, 0.15) is 0 Å². The van der Waals surface area contributed by atoms with Gasteiger partial charge in [0.1, 0.15) is 4.83 Å². The Morgan fingerprint density at radius 1 is 0.500 bits per heavy atom. The second-order valence-electron chi connectivity index (χ2n) is 12.3. The van der Waals surface area contributed by atoms with Crippen molar-refractivity contribution < 1.29 is 0 Å². The van der Waals surface area contributed by atoms with Crippen molar-refractivity contribution in [1.82, 2.24) is 18.9 Å². The van der Waals surface area contributed by atoms with Crippen molar-refractivity contribution in [3.8, 4) is 5.69 Å². The average Bonchev–Trinajstić information content (AvgIpc) is 3.82. The number of pyridine rings is 1. The summed E-state index contributed by atoms with van der Waals surface area (Å²) in [6, 6.07) is 59.4. The van der Waals surface area contributed by atoms with Crippen LogP contribution in [0.25, 0.3) is 53.8 Å². The van der Waals surface area contributed by atoms with Crippen molar-refractivity contribution in [3.63, 3.8) is 0 Å². The van der Waals surface area contributed by atoms with Crippen LogP contribution in [0.5, 0.6) is 0 Å². The minimum Gasteiger partial charge on any atom is -0.278 e. The summed E-state index contributed by atoms with van der Waals surface area (Å²) in [7, 11) is -2.71. The summed E-state index contributed by atoms with van der Waals surface area (Å²) in [4.78, 5) is 11.4. The van der Waals surface area contributed by atoms with Crippen LogP contribution >= 0.6 is 11.3 Å². The third-order valence-electron chi connectivity index (χ3n) is 9.73. The molecule has 0 aliphatic heterocycles. The first-order chi connectivity index (χ1) is 23.8. The third-order valence-corrected chi connectivity index (χ3v) is 15.6. The van der Waals surface area contributed by atoms with E-state index in [-0.39, 0.29) is 0 Å². The van der Waals surface area contributed by atoms with Gasteiger partial charge in [-0.25, -0.2) is 9.97 Å². The molecule has 0 unspecified atom stereocenters. The Morgan fingerprint density at radius 2 is 1.08 bits per heavy atom. The van der Waals surface area contributed by atoms with Gasteiger partial charge in [-0.3, -0.25) is 8.97 Å². The SMILES string of the molecule is c1ccc([Si](c2ccccc2)(c2ccccc2)c2cnc3sc4ccc(-n5c6ccccc6n6c7ccccc7nc56)cc4c3c2)cc1. The van der Waals surface area contributed by atoms with Crippen LogP contribution in [0.4, 0.5) is 0 Å². The second kappa shape index (κ2) is 10.6. The van der Waals surface area contributed by atoms with E-state index >= 15 is 0 Å². The van der Waals surface area contributed by atoms with Gasteiger partial charge in [-0.1, -0.05) is 115 Å². The molecule has 0 N–H and O–H groups in total. The van der Waals surface area contributed by atoms with Crippen LogP contribution in [0.2, 0.25) is 0 Å². The first-order valence-corrected chi connectivity index (χ1v) is 19.0. The fraction of sp³-hybridized carbons (Fsp3) is 0. The average molecular weight is 649 g/mol. The van der Waals surface area contributed by atoms with Gasteiger partial charge in [0.15, 0.2) is 8.07 Å². The van der Waals surface area contributed by atoms with E-state index in [2.05, 4.69) is 179 Å². The smallest absolute Gasteiger partial charge is 0.220 e. The Bertz CT molecular complexity index is 2690. The minimum atomic E-state index is -2.71. The monoisotopic (exact) mass is 648 g/mol. The van der Waals surface area contributed by atoms with Crippen LogP contribution in [-0.2, 0) is 0 Å². The summed E-state index contributed by atoms with van der Waals surface area (Å²) < 4.78 is 5.80. The Morgan fingerprint density at radius 3 is 1.75 bits per heavy atom. The largest absolute Gasteiger partial charge is 0.278 e. The van der Waals surface area contributed by atoms with Gasteiger partial charge in [0.2, 0.25) is 5.78 Å². The summed E-state index contributed by atoms with van der Waals surface area (Å²) in [5.74, 6) is 0.916. The Hall–Kier alpha value is -5.82. The molecule has 0 saturated carbocycles. The number of rotatable bonds is 5. The molecule has 0 saturated heterocycles. The molecule has 226 valence electrons. The number of thiophene rings is 1. The molecular weight excluding hydrogens is 621 g/mol. The molecule has 6 aromatic carbocycles. The van der Waals surface area contributed by atoms with Gasteiger partial charge in [0.05, 0.1) is 22.1 Å². The first kappa shape index (κ1) is 27.3. The summed E-state index contributed by atoms with van der Waals surface area (Å²) in [6.07, 6.45) is 2.15. The topological polar surface area (TPSA) is 35.1 Å². The van der Waals surface area contributed by atoms with Gasteiger partial charge in [-0.15, -0.1) is 11.3 Å². The van der Waals surface area contributed by atoms with Gasteiger partial charge >= 0.3 is 0 Å². The highest BCUT2D eigenvalue weighted by Gasteiger charge is 2.41. The summed E-state index contributed by atoms with van der Waals surface area (Å²) >= 11 is 1.76. The molecule has 10 rings (SSSR count). The Labute approximate surface area is 281 Å². The maximum absolute atomic E-state index is 5.21. The van der Waals surface area contributed by atoms with Crippen LogP contribution in [-0.4, -0.2) is 27.0 Å². The first-order valence-electron chi connectivity index (χ1n) is 16.2. The maximum atomic E-state index is 5.21. The molecule has 0 spiro atoms. The molecule has 4 heterocycles. The fourth-order valence-corrected chi connectivity index (χ4v) is 13.4. The third kappa shape index (κ3) is 3.87. The molecule has 10 aromatic rings. The Kier molecular flexibility index (Phi) is 6.03. The Balaban J connectivity index is 1.26. The molecule has 4 nitrogen and oxygen atoms in total. The van der Waals surface area contributed by atoms with E-state index in [0.29, 0.717) is 0 Å². The number of benzene rings is 6. The lowest BCUT2D eigenvalue weighted by Gasteiger charge is -2.34. The van der Waals surface area contributed by atoms with E-state index in [1.54, 1.807) is 11.3 Å². The number of hydrogen-bond acceptors (Lipinski definition) is 3. The zero-order valence-electron chi connectivity index (χ0n) is 25.9. The zero-order valence-corrected chi connectivity index (χ0v) is 27.7. The molecule has 0 atom stereocenters. The summed E-state index contributed by atoms with van der Waals surface area (Å²) in [5, 5.41) is 7.71. The number of nitrogens with zero attached hydrogens (tertiary/aromatic N) is 4. The minimum absolute atomic E-state index is 0.916. The van der Waals surface area contributed by atoms with Crippen LogP contribution in [0, 0.1) is 0 Å². The fourth-order valence-electron chi connectivity index (χ4n) is 7.66. The van der Waals surface area contributed by atoms with E-state index in [1.807, 2.05) is 0 Å². The number of imidazole rings is 2. The number of aromatic nitrogens is 4. The molecule has 0 bridgehead atoms. The number of hydrogen-bond donors (Lipinski definition) is 0. The van der Waals surface area contributed by atoms with Crippen molar-refractivity contribution in [2.45, 2.75) is 0 Å². The molecule has 6 heteroatoms. The predicted octanol–water partition coefficient (Wildman–Crippen LogP) is 7.57. The lowest BCUT2D eigenvalue weighted by Crippen LogP contribution is -2.74. The quantitative estimate of drug-likeness (QED) is 0.143. The molecule has 0 fully saturated rings. The van der Waals surface area contributed by atoms with Crippen molar-refractivity contribution in [2.24, 2.45) is 0 Å². The molecule has 0 aliphatic carbocycles. The highest BCUT2D eigenvalue weighted by molar-refractivity contribution is 7.25. The van der Waals surface area contributed by atoms with E-state index in [0.717, 1.165) is 38.4 Å². The molecule has 0 aliphatic rings. The van der Waals surface area contributed by atoms with Crippen molar-refractivity contribution in [1.29, 1.82) is 0 Å².